The number of sulfonamides is 1. The zero-order chi connectivity index (χ0) is 15.8. The van der Waals surface area contributed by atoms with E-state index in [1.54, 1.807) is 19.1 Å². The minimum atomic E-state index is -3.83. The van der Waals surface area contributed by atoms with Crippen molar-refractivity contribution in [1.29, 1.82) is 0 Å². The molecule has 0 aliphatic carbocycles. The molecule has 0 fully saturated rings. The lowest BCUT2D eigenvalue weighted by Crippen LogP contribution is -2.16. The number of rotatable bonds is 3. The van der Waals surface area contributed by atoms with Crippen molar-refractivity contribution in [2.45, 2.75) is 18.7 Å². The Balaban J connectivity index is 2.47. The lowest BCUT2D eigenvalue weighted by molar-refractivity contribution is 0.598. The molecule has 0 aliphatic heterocycles. The van der Waals surface area contributed by atoms with E-state index in [1.807, 2.05) is 0 Å². The van der Waals surface area contributed by atoms with Crippen LogP contribution < -0.4 is 10.5 Å². The van der Waals surface area contributed by atoms with Gasteiger partial charge in [-0.25, -0.2) is 12.8 Å². The smallest absolute Gasteiger partial charge is 0.262 e. The number of aryl methyl sites for hydroxylation is 2. The predicted octanol–water partition coefficient (Wildman–Crippen LogP) is 3.59. The molecule has 0 atom stereocenters. The first-order valence-corrected chi connectivity index (χ1v) is 8.33. The molecule has 0 radical (unpaired) electrons. The molecule has 4 nitrogen and oxygen atoms in total. The second kappa shape index (κ2) is 5.65. The molecule has 112 valence electrons. The van der Waals surface area contributed by atoms with Crippen LogP contribution in [0.3, 0.4) is 0 Å². The summed E-state index contributed by atoms with van der Waals surface area (Å²) in [6.07, 6.45) is 0. The van der Waals surface area contributed by atoms with E-state index in [2.05, 4.69) is 20.7 Å². The minimum Gasteiger partial charge on any atom is -0.397 e. The highest BCUT2D eigenvalue weighted by Crippen LogP contribution is 2.30. The Hall–Kier alpha value is -1.60. The predicted molar refractivity (Wildman–Crippen MR) is 85.2 cm³/mol. The maximum atomic E-state index is 13.1. The van der Waals surface area contributed by atoms with Gasteiger partial charge in [0.25, 0.3) is 10.0 Å². The topological polar surface area (TPSA) is 72.2 Å². The van der Waals surface area contributed by atoms with Crippen LogP contribution in [0.2, 0.25) is 0 Å². The van der Waals surface area contributed by atoms with Crippen LogP contribution in [-0.2, 0) is 10.0 Å². The van der Waals surface area contributed by atoms with E-state index in [9.17, 15) is 12.8 Å². The van der Waals surface area contributed by atoms with Gasteiger partial charge in [-0.15, -0.1) is 0 Å². The first-order valence-electron chi connectivity index (χ1n) is 6.05. The van der Waals surface area contributed by atoms with Crippen LogP contribution in [0.15, 0.2) is 39.7 Å². The second-order valence-electron chi connectivity index (χ2n) is 4.70. The van der Waals surface area contributed by atoms with Gasteiger partial charge in [-0.1, -0.05) is 15.9 Å². The number of nitrogens with two attached hydrogens (primary N) is 1. The molecule has 0 heterocycles. The lowest BCUT2D eigenvalue weighted by atomic mass is 10.2. The summed E-state index contributed by atoms with van der Waals surface area (Å²) in [5, 5.41) is 0. The Morgan fingerprint density at radius 3 is 2.38 bits per heavy atom. The third kappa shape index (κ3) is 3.36. The van der Waals surface area contributed by atoms with Crippen molar-refractivity contribution in [3.8, 4) is 0 Å². The fourth-order valence-corrected chi connectivity index (χ4v) is 3.99. The molecule has 0 amide bonds. The second-order valence-corrected chi connectivity index (χ2v) is 7.27. The van der Waals surface area contributed by atoms with E-state index in [0.717, 1.165) is 10.5 Å². The van der Waals surface area contributed by atoms with E-state index in [4.69, 9.17) is 5.73 Å². The highest BCUT2D eigenvalue weighted by molar-refractivity contribution is 9.10. The molecule has 0 aromatic heterocycles. The minimum absolute atomic E-state index is 0.0191. The number of hydrogen-bond acceptors (Lipinski definition) is 3. The van der Waals surface area contributed by atoms with Gasteiger partial charge in [-0.3, -0.25) is 4.72 Å². The summed E-state index contributed by atoms with van der Waals surface area (Å²) in [5.41, 5.74) is 7.50. The molecule has 0 saturated heterocycles. The van der Waals surface area contributed by atoms with Gasteiger partial charge in [0.05, 0.1) is 16.3 Å². The number of nitrogen functional groups attached to an aromatic ring is 1. The van der Waals surface area contributed by atoms with Crippen LogP contribution in [0, 0.1) is 19.7 Å². The number of halogens is 2. The molecule has 0 spiro atoms. The van der Waals surface area contributed by atoms with Crippen molar-refractivity contribution in [1.82, 2.24) is 0 Å². The monoisotopic (exact) mass is 372 g/mol. The van der Waals surface area contributed by atoms with Crippen LogP contribution in [-0.4, -0.2) is 8.42 Å². The number of anilines is 2. The SMILES string of the molecule is Cc1cc(F)ccc1S(=O)(=O)Nc1c(C)cc(Br)cc1N. The van der Waals surface area contributed by atoms with Gasteiger partial charge in [0.1, 0.15) is 5.82 Å². The molecule has 2 aromatic carbocycles. The van der Waals surface area contributed by atoms with Crippen molar-refractivity contribution < 1.29 is 12.8 Å². The van der Waals surface area contributed by atoms with Crippen LogP contribution in [0.4, 0.5) is 15.8 Å². The molecular formula is C14H14BrFN2O2S. The van der Waals surface area contributed by atoms with Gasteiger partial charge >= 0.3 is 0 Å². The third-order valence-electron chi connectivity index (χ3n) is 2.99. The summed E-state index contributed by atoms with van der Waals surface area (Å²) in [5.74, 6) is -0.481. The Kier molecular flexibility index (Phi) is 4.25. The Morgan fingerprint density at radius 1 is 1.14 bits per heavy atom. The molecule has 0 saturated carbocycles. The zero-order valence-corrected chi connectivity index (χ0v) is 13.8. The lowest BCUT2D eigenvalue weighted by Gasteiger charge is -2.14. The molecule has 2 aromatic rings. The van der Waals surface area contributed by atoms with Gasteiger partial charge in [0.15, 0.2) is 0 Å². The van der Waals surface area contributed by atoms with Gasteiger partial charge in [0.2, 0.25) is 0 Å². The van der Waals surface area contributed by atoms with Gasteiger partial charge in [0, 0.05) is 4.47 Å². The largest absolute Gasteiger partial charge is 0.397 e. The van der Waals surface area contributed by atoms with E-state index in [-0.39, 0.29) is 4.90 Å². The van der Waals surface area contributed by atoms with Crippen LogP contribution in [0.25, 0.3) is 0 Å². The number of hydrogen-bond donors (Lipinski definition) is 2. The molecule has 2 rings (SSSR count). The summed E-state index contributed by atoms with van der Waals surface area (Å²) in [6, 6.07) is 6.89. The average molecular weight is 373 g/mol. The zero-order valence-electron chi connectivity index (χ0n) is 11.4. The summed E-state index contributed by atoms with van der Waals surface area (Å²) < 4.78 is 41.2. The Morgan fingerprint density at radius 2 is 1.81 bits per heavy atom. The van der Waals surface area contributed by atoms with Crippen molar-refractivity contribution in [2.75, 3.05) is 10.5 Å². The molecule has 0 aliphatic rings. The van der Waals surface area contributed by atoms with Gasteiger partial charge in [-0.05, 0) is 55.3 Å². The van der Waals surface area contributed by atoms with E-state index >= 15 is 0 Å². The maximum absolute atomic E-state index is 13.1. The Bertz CT molecular complexity index is 784. The Labute approximate surface area is 131 Å². The molecule has 7 heteroatoms. The fourth-order valence-electron chi connectivity index (χ4n) is 2.01. The molecule has 0 unspecified atom stereocenters. The van der Waals surface area contributed by atoms with Gasteiger partial charge < -0.3 is 5.73 Å². The van der Waals surface area contributed by atoms with Gasteiger partial charge in [-0.2, -0.15) is 0 Å². The van der Waals surface area contributed by atoms with Crippen LogP contribution in [0.5, 0.6) is 0 Å². The quantitative estimate of drug-likeness (QED) is 0.808. The van der Waals surface area contributed by atoms with E-state index in [0.29, 0.717) is 22.5 Å². The highest BCUT2D eigenvalue weighted by Gasteiger charge is 2.19. The first-order chi connectivity index (χ1) is 9.70. The molecule has 3 N–H and O–H groups in total. The number of benzene rings is 2. The van der Waals surface area contributed by atoms with E-state index in [1.165, 1.54) is 19.1 Å². The third-order valence-corrected chi connectivity index (χ3v) is 4.96. The highest BCUT2D eigenvalue weighted by atomic mass is 79.9. The summed E-state index contributed by atoms with van der Waals surface area (Å²) >= 11 is 3.29. The fraction of sp³-hybridized carbons (Fsp3) is 0.143. The summed E-state index contributed by atoms with van der Waals surface area (Å²) in [7, 11) is -3.83. The van der Waals surface area contributed by atoms with E-state index < -0.39 is 15.8 Å². The van der Waals surface area contributed by atoms with Crippen LogP contribution >= 0.6 is 15.9 Å². The standard InChI is InChI=1S/C14H14BrFN2O2S/c1-8-6-11(16)3-4-13(8)21(19,20)18-14-9(2)5-10(15)7-12(14)17/h3-7,18H,17H2,1-2H3. The van der Waals surface area contributed by atoms with Crippen molar-refractivity contribution >= 4 is 37.3 Å². The van der Waals surface area contributed by atoms with Crippen molar-refractivity contribution in [3.63, 3.8) is 0 Å². The number of nitrogens with one attached hydrogen (secondary N) is 1. The van der Waals surface area contributed by atoms with Crippen molar-refractivity contribution in [3.05, 3.63) is 51.7 Å². The van der Waals surface area contributed by atoms with Crippen LogP contribution in [0.1, 0.15) is 11.1 Å². The molecular weight excluding hydrogens is 359 g/mol. The normalized spacial score (nSPS) is 11.4. The molecule has 0 bridgehead atoms. The first kappa shape index (κ1) is 15.8. The summed E-state index contributed by atoms with van der Waals surface area (Å²) in [6.45, 7) is 3.28. The molecule has 21 heavy (non-hydrogen) atoms. The summed E-state index contributed by atoms with van der Waals surface area (Å²) in [4.78, 5) is 0.0191. The average Bonchev–Trinajstić information content (AvgIpc) is 2.33. The maximum Gasteiger partial charge on any atom is 0.262 e. The van der Waals surface area contributed by atoms with Crippen molar-refractivity contribution in [2.24, 2.45) is 0 Å².